The molecule has 3 aromatic heterocycles. The van der Waals surface area contributed by atoms with E-state index in [1.165, 1.54) is 44.5 Å². The molecule has 8 nitrogen and oxygen atoms in total. The van der Waals surface area contributed by atoms with Crippen molar-refractivity contribution in [1.82, 2.24) is 39.9 Å². The Morgan fingerprint density at radius 1 is 0.156 bits per heavy atom. The zero-order valence-corrected chi connectivity index (χ0v) is 60.9. The van der Waals surface area contributed by atoms with Gasteiger partial charge >= 0.3 is 0 Å². The molecule has 8 bridgehead atoms. The van der Waals surface area contributed by atoms with Gasteiger partial charge in [0.1, 0.15) is 22.6 Å². The van der Waals surface area contributed by atoms with Crippen LogP contribution in [0.3, 0.4) is 0 Å². The second-order valence-corrected chi connectivity index (χ2v) is 28.8. The number of benzene rings is 8. The molecule has 0 spiro atoms. The van der Waals surface area contributed by atoms with Gasteiger partial charge in [0.05, 0.1) is 0 Å². The molecule has 0 unspecified atom stereocenters. The number of nitrogens with zero attached hydrogens (tertiary/aromatic N) is 6. The first-order valence-corrected chi connectivity index (χ1v) is 33.9. The van der Waals surface area contributed by atoms with Crippen molar-refractivity contribution in [3.05, 3.63) is 276 Å². The SMILES string of the molecule is Cc1cc(C)c(C2=C(c3c(C)cc(C)cc3C)c3nc2nc2[nH]c(nc4nc(nc5[nH]c(n3)c(-c3c(C)cc(C)cc3C)c5-c3c(C)cc(C)cc3C)C(c3c(C)cc(C)cc3C)=C4c3c(C)cc(C)cc3C)c(-c3c(C)cc(C)cc3C)c2-c2c(C)cc(C)cc2C)c(C)c1. The van der Waals surface area contributed by atoms with E-state index in [9.17, 15) is 0 Å². The first kappa shape index (κ1) is 64.8. The Bertz CT molecular complexity index is 4640. The minimum absolute atomic E-state index is 0.546. The quantitative estimate of drug-likeness (QED) is 0.157. The maximum Gasteiger partial charge on any atom is 0.165 e. The van der Waals surface area contributed by atoms with Gasteiger partial charge in [-0.25, -0.2) is 29.9 Å². The number of aryl methyl sites for hydroxylation is 24. The predicted octanol–water partition coefficient (Wildman–Crippen LogP) is 22.0. The average molecular weight is 1260 g/mol. The van der Waals surface area contributed by atoms with Crippen LogP contribution in [0.2, 0.25) is 0 Å². The standard InChI is InChI=1S/C88H90N8/c1-41-25-49(9)65(50(10)26-41)73-74(66-51(11)27-42(2)28-52(66)12)82-89-81(73)93-83-75(67-53(13)29-43(3)30-54(67)14)76(68-55(15)31-44(4)32-56(68)16)85(90-83)95-87-79(71-61(21)37-47(7)38-62(71)22)80(72-63(23)39-48(8)40-64(72)24)88(92-87)96-86-78(70-59(19)35-46(6)36-60(70)20)77(84(91-86)94-82)69-57(17)33-45(5)34-58(69)18/h25-40H,1-24H3,(H2,89,90,91,92,93,94,95,96). The fourth-order valence-electron chi connectivity index (χ4n) is 17.4. The van der Waals surface area contributed by atoms with E-state index in [0.29, 0.717) is 45.9 Å². The van der Waals surface area contributed by atoms with E-state index in [0.717, 1.165) is 178 Å². The van der Waals surface area contributed by atoms with Crippen molar-refractivity contribution in [1.29, 1.82) is 0 Å². The van der Waals surface area contributed by atoms with Crippen molar-refractivity contribution >= 4 is 44.9 Å². The molecule has 11 aromatic rings. The molecular weight excluding hydrogens is 1170 g/mol. The molecule has 96 heavy (non-hydrogen) atoms. The summed E-state index contributed by atoms with van der Waals surface area (Å²) < 4.78 is 0. The van der Waals surface area contributed by atoms with Gasteiger partial charge in [-0.05, 0) is 300 Å². The Kier molecular flexibility index (Phi) is 16.2. The summed E-state index contributed by atoms with van der Waals surface area (Å²) in [5.41, 5.74) is 46.1. The van der Waals surface area contributed by atoms with Crippen LogP contribution in [-0.2, 0) is 0 Å². The number of rotatable bonds is 8. The lowest BCUT2D eigenvalue weighted by Gasteiger charge is -2.18. The topological polar surface area (TPSA) is 109 Å². The van der Waals surface area contributed by atoms with Crippen molar-refractivity contribution < 1.29 is 0 Å². The lowest BCUT2D eigenvalue weighted by atomic mass is 9.85. The molecule has 0 aliphatic carbocycles. The van der Waals surface area contributed by atoms with Crippen LogP contribution in [0.1, 0.15) is 179 Å². The normalized spacial score (nSPS) is 12.5. The molecule has 0 radical (unpaired) electrons. The van der Waals surface area contributed by atoms with E-state index < -0.39 is 0 Å². The van der Waals surface area contributed by atoms with Crippen LogP contribution in [0.25, 0.3) is 89.4 Å². The van der Waals surface area contributed by atoms with Crippen molar-refractivity contribution in [2.45, 2.75) is 166 Å². The zero-order valence-electron chi connectivity index (χ0n) is 60.9. The number of fused-ring (bicyclic) bond motifs is 8. The van der Waals surface area contributed by atoms with Crippen molar-refractivity contribution in [3.8, 4) is 44.5 Å². The van der Waals surface area contributed by atoms with E-state index >= 15 is 0 Å². The fourth-order valence-corrected chi connectivity index (χ4v) is 17.4. The summed E-state index contributed by atoms with van der Waals surface area (Å²) in [5.74, 6) is 2.18. The average Bonchev–Trinajstić information content (AvgIpc) is 1.56. The Hall–Kier alpha value is -9.92. The lowest BCUT2D eigenvalue weighted by Crippen LogP contribution is -2.02. The molecule has 2 aliphatic heterocycles. The highest BCUT2D eigenvalue weighted by Crippen LogP contribution is 2.51. The van der Waals surface area contributed by atoms with E-state index in [2.05, 4.69) is 273 Å². The minimum atomic E-state index is 0.546. The van der Waals surface area contributed by atoms with Crippen LogP contribution in [0.5, 0.6) is 0 Å². The molecule has 0 saturated carbocycles. The molecule has 5 heterocycles. The number of aromatic amines is 2. The summed E-state index contributed by atoms with van der Waals surface area (Å²) in [7, 11) is 0. The molecule has 0 saturated heterocycles. The number of H-pyrrole nitrogens is 2. The van der Waals surface area contributed by atoms with Gasteiger partial charge in [0.25, 0.3) is 0 Å². The second-order valence-electron chi connectivity index (χ2n) is 28.8. The van der Waals surface area contributed by atoms with E-state index in [1.807, 2.05) is 0 Å². The highest BCUT2D eigenvalue weighted by atomic mass is 15.1. The van der Waals surface area contributed by atoms with Crippen LogP contribution < -0.4 is 0 Å². The van der Waals surface area contributed by atoms with Gasteiger partial charge in [0.15, 0.2) is 23.3 Å². The molecule has 8 aromatic carbocycles. The largest absolute Gasteiger partial charge is 0.324 e. The lowest BCUT2D eigenvalue weighted by molar-refractivity contribution is 1.10. The maximum atomic E-state index is 6.15. The van der Waals surface area contributed by atoms with Gasteiger partial charge in [0, 0.05) is 44.5 Å². The summed E-state index contributed by atoms with van der Waals surface area (Å²) >= 11 is 0. The first-order valence-electron chi connectivity index (χ1n) is 33.9. The molecule has 2 aliphatic rings. The highest BCUT2D eigenvalue weighted by Gasteiger charge is 2.35. The van der Waals surface area contributed by atoms with Crippen molar-refractivity contribution in [2.75, 3.05) is 0 Å². The Labute approximate surface area is 568 Å². The predicted molar refractivity (Wildman–Crippen MR) is 403 cm³/mol. The van der Waals surface area contributed by atoms with Gasteiger partial charge < -0.3 is 9.97 Å². The molecule has 0 atom stereocenters. The van der Waals surface area contributed by atoms with Crippen molar-refractivity contribution in [3.63, 3.8) is 0 Å². The Morgan fingerprint density at radius 3 is 0.417 bits per heavy atom. The van der Waals surface area contributed by atoms with Crippen LogP contribution in [-0.4, -0.2) is 39.9 Å². The molecule has 0 amide bonds. The van der Waals surface area contributed by atoms with Crippen LogP contribution in [0, 0.1) is 166 Å². The molecular formula is C88H90N8. The van der Waals surface area contributed by atoms with Gasteiger partial charge in [-0.2, -0.15) is 0 Å². The molecule has 2 N–H and O–H groups in total. The van der Waals surface area contributed by atoms with Crippen LogP contribution in [0.4, 0.5) is 0 Å². The van der Waals surface area contributed by atoms with Crippen molar-refractivity contribution in [2.24, 2.45) is 0 Å². The monoisotopic (exact) mass is 1260 g/mol. The third-order valence-electron chi connectivity index (χ3n) is 20.0. The van der Waals surface area contributed by atoms with Gasteiger partial charge in [-0.15, -0.1) is 0 Å². The minimum Gasteiger partial charge on any atom is -0.324 e. The van der Waals surface area contributed by atoms with E-state index in [-0.39, 0.29) is 0 Å². The molecule has 8 heteroatoms. The van der Waals surface area contributed by atoms with Crippen LogP contribution in [0.15, 0.2) is 97.1 Å². The number of hydrogen-bond acceptors (Lipinski definition) is 6. The smallest absolute Gasteiger partial charge is 0.165 e. The number of aromatic nitrogens is 8. The maximum absolute atomic E-state index is 6.15. The molecule has 0 fully saturated rings. The number of nitrogens with one attached hydrogen (secondary N) is 2. The number of hydrogen-bond donors (Lipinski definition) is 2. The zero-order chi connectivity index (χ0) is 68.7. The Balaban J connectivity index is 1.41. The molecule has 482 valence electrons. The van der Waals surface area contributed by atoms with Gasteiger partial charge in [-0.3, -0.25) is 0 Å². The second kappa shape index (κ2) is 24.1. The van der Waals surface area contributed by atoms with E-state index in [4.69, 9.17) is 29.9 Å². The fraction of sp³-hybridized carbons (Fsp3) is 0.273. The van der Waals surface area contributed by atoms with Gasteiger partial charge in [0.2, 0.25) is 0 Å². The van der Waals surface area contributed by atoms with E-state index in [1.54, 1.807) is 0 Å². The van der Waals surface area contributed by atoms with Gasteiger partial charge in [-0.1, -0.05) is 142 Å². The Morgan fingerprint density at radius 2 is 0.281 bits per heavy atom. The summed E-state index contributed by atoms with van der Waals surface area (Å²) in [6.07, 6.45) is 0. The molecule has 13 rings (SSSR count). The summed E-state index contributed by atoms with van der Waals surface area (Å²) in [6, 6.07) is 36.7. The summed E-state index contributed by atoms with van der Waals surface area (Å²) in [6.45, 7) is 53.2. The summed E-state index contributed by atoms with van der Waals surface area (Å²) in [5, 5.41) is 0. The van der Waals surface area contributed by atoms with Crippen LogP contribution >= 0.6 is 0 Å². The third kappa shape index (κ3) is 11.0. The third-order valence-corrected chi connectivity index (χ3v) is 20.0. The first-order chi connectivity index (χ1) is 45.5. The summed E-state index contributed by atoms with van der Waals surface area (Å²) in [4.78, 5) is 44.8. The highest BCUT2D eigenvalue weighted by molar-refractivity contribution is 6.11.